The summed E-state index contributed by atoms with van der Waals surface area (Å²) in [5, 5.41) is 0.454. The maximum atomic E-state index is 12.3. The maximum absolute atomic E-state index is 12.3. The van der Waals surface area contributed by atoms with E-state index in [0.29, 0.717) is 22.6 Å². The van der Waals surface area contributed by atoms with Crippen molar-refractivity contribution in [1.82, 2.24) is 4.57 Å². The zero-order valence-corrected chi connectivity index (χ0v) is 12.3. The highest BCUT2D eigenvalue weighted by Crippen LogP contribution is 2.14. The number of hydrogen-bond donors (Lipinski definition) is 0. The van der Waals surface area contributed by atoms with Gasteiger partial charge in [-0.3, -0.25) is 9.59 Å². The second-order valence-corrected chi connectivity index (χ2v) is 5.05. The number of pyridine rings is 1. The van der Waals surface area contributed by atoms with Gasteiger partial charge in [0.1, 0.15) is 0 Å². The van der Waals surface area contributed by atoms with Gasteiger partial charge in [-0.1, -0.05) is 48.9 Å². The van der Waals surface area contributed by atoms with Crippen LogP contribution in [-0.2, 0) is 13.0 Å². The number of rotatable bonds is 4. The van der Waals surface area contributed by atoms with Gasteiger partial charge in [0.15, 0.2) is 5.78 Å². The molecule has 0 aliphatic heterocycles. The van der Waals surface area contributed by atoms with E-state index in [2.05, 4.69) is 0 Å². The quantitative estimate of drug-likeness (QED) is 0.811. The fraction of sp³-hybridized carbons (Fsp3) is 0.250. The lowest BCUT2D eigenvalue weighted by Crippen LogP contribution is -2.29. The standard InChI is InChI=1S/C16H16ClNO2/c1-3-13-9-14(17)11(2)16(20)18(13)10-15(19)12-7-5-4-6-8-12/h4-9H,3,10H2,1-2H3. The minimum atomic E-state index is -0.196. The SMILES string of the molecule is CCc1cc(Cl)c(C)c(=O)n1CC(=O)c1ccccc1. The highest BCUT2D eigenvalue weighted by molar-refractivity contribution is 6.31. The zero-order valence-electron chi connectivity index (χ0n) is 11.5. The third-order valence-corrected chi connectivity index (χ3v) is 3.72. The van der Waals surface area contributed by atoms with Crippen LogP contribution in [0.5, 0.6) is 0 Å². The number of halogens is 1. The first-order valence-electron chi connectivity index (χ1n) is 6.51. The number of carbonyl (C=O) groups is 1. The predicted molar refractivity (Wildman–Crippen MR) is 80.6 cm³/mol. The van der Waals surface area contributed by atoms with Crippen LogP contribution in [0, 0.1) is 6.92 Å². The van der Waals surface area contributed by atoms with E-state index in [1.807, 2.05) is 25.1 Å². The van der Waals surface area contributed by atoms with Gasteiger partial charge in [0.2, 0.25) is 0 Å². The smallest absolute Gasteiger partial charge is 0.255 e. The Morgan fingerprint density at radius 2 is 1.90 bits per heavy atom. The Morgan fingerprint density at radius 1 is 1.25 bits per heavy atom. The summed E-state index contributed by atoms with van der Waals surface area (Å²) in [7, 11) is 0. The van der Waals surface area contributed by atoms with Crippen LogP contribution in [0.1, 0.15) is 28.5 Å². The van der Waals surface area contributed by atoms with Crippen molar-refractivity contribution < 1.29 is 4.79 Å². The van der Waals surface area contributed by atoms with E-state index >= 15 is 0 Å². The lowest BCUT2D eigenvalue weighted by atomic mass is 10.1. The van der Waals surface area contributed by atoms with Crippen LogP contribution >= 0.6 is 11.6 Å². The monoisotopic (exact) mass is 289 g/mol. The topological polar surface area (TPSA) is 39.1 Å². The number of hydrogen-bond acceptors (Lipinski definition) is 2. The summed E-state index contributed by atoms with van der Waals surface area (Å²) >= 11 is 6.03. The van der Waals surface area contributed by atoms with E-state index in [1.54, 1.807) is 25.1 Å². The third kappa shape index (κ3) is 2.83. The molecule has 4 heteroatoms. The van der Waals surface area contributed by atoms with Crippen LogP contribution in [-0.4, -0.2) is 10.4 Å². The van der Waals surface area contributed by atoms with Gasteiger partial charge in [-0.15, -0.1) is 0 Å². The summed E-state index contributed by atoms with van der Waals surface area (Å²) in [6, 6.07) is 10.7. The first-order chi connectivity index (χ1) is 9.54. The largest absolute Gasteiger partial charge is 0.305 e. The number of ketones is 1. The van der Waals surface area contributed by atoms with Crippen molar-refractivity contribution in [2.24, 2.45) is 0 Å². The molecule has 0 amide bonds. The molecule has 3 nitrogen and oxygen atoms in total. The molecule has 0 bridgehead atoms. The lowest BCUT2D eigenvalue weighted by molar-refractivity contribution is 0.0969. The average Bonchev–Trinajstić information content (AvgIpc) is 2.48. The molecular formula is C16H16ClNO2. The predicted octanol–water partition coefficient (Wildman–Crippen LogP) is 3.26. The van der Waals surface area contributed by atoms with Crippen LogP contribution in [0.2, 0.25) is 5.02 Å². The van der Waals surface area contributed by atoms with Crippen LogP contribution < -0.4 is 5.56 Å². The number of carbonyl (C=O) groups excluding carboxylic acids is 1. The van der Waals surface area contributed by atoms with Gasteiger partial charge in [0, 0.05) is 16.8 Å². The molecule has 1 heterocycles. The number of aromatic nitrogens is 1. The Hall–Kier alpha value is -1.87. The molecule has 1 aromatic carbocycles. The van der Waals surface area contributed by atoms with Crippen molar-refractivity contribution in [2.45, 2.75) is 26.8 Å². The number of aryl methyl sites for hydroxylation is 1. The highest BCUT2D eigenvalue weighted by Gasteiger charge is 2.13. The minimum Gasteiger partial charge on any atom is -0.305 e. The molecule has 0 N–H and O–H groups in total. The molecule has 0 spiro atoms. The Bertz CT molecular complexity index is 690. The first kappa shape index (κ1) is 14.5. The molecule has 0 atom stereocenters. The average molecular weight is 290 g/mol. The molecule has 0 radical (unpaired) electrons. The molecule has 20 heavy (non-hydrogen) atoms. The normalized spacial score (nSPS) is 10.6. The number of Topliss-reactive ketones (excluding diaryl/α,β-unsaturated/α-hetero) is 1. The summed E-state index contributed by atoms with van der Waals surface area (Å²) in [6.07, 6.45) is 0.650. The molecule has 2 aromatic rings. The Labute approximate surface area is 122 Å². The summed E-state index contributed by atoms with van der Waals surface area (Å²) in [5.41, 5.74) is 1.66. The van der Waals surface area contributed by atoms with Gasteiger partial charge >= 0.3 is 0 Å². The van der Waals surface area contributed by atoms with Gasteiger partial charge in [-0.2, -0.15) is 0 Å². The summed E-state index contributed by atoms with van der Waals surface area (Å²) in [5.74, 6) is -0.0795. The lowest BCUT2D eigenvalue weighted by Gasteiger charge is -2.13. The van der Waals surface area contributed by atoms with E-state index < -0.39 is 0 Å². The van der Waals surface area contributed by atoms with Gasteiger partial charge in [0.25, 0.3) is 5.56 Å². The zero-order chi connectivity index (χ0) is 14.7. The summed E-state index contributed by atoms with van der Waals surface area (Å²) in [4.78, 5) is 24.5. The Kier molecular flexibility index (Phi) is 4.40. The van der Waals surface area contributed by atoms with Crippen LogP contribution in [0.4, 0.5) is 0 Å². The number of nitrogens with zero attached hydrogens (tertiary/aromatic N) is 1. The molecule has 104 valence electrons. The first-order valence-corrected chi connectivity index (χ1v) is 6.89. The highest BCUT2D eigenvalue weighted by atomic mass is 35.5. The van der Waals surface area contributed by atoms with E-state index in [4.69, 9.17) is 11.6 Å². The van der Waals surface area contributed by atoms with Crippen molar-refractivity contribution in [3.05, 3.63) is 68.6 Å². The van der Waals surface area contributed by atoms with Crippen molar-refractivity contribution >= 4 is 17.4 Å². The second kappa shape index (κ2) is 6.06. The second-order valence-electron chi connectivity index (χ2n) is 4.64. The molecule has 0 unspecified atom stereocenters. The van der Waals surface area contributed by atoms with Crippen molar-refractivity contribution in [3.8, 4) is 0 Å². The molecule has 1 aromatic heterocycles. The molecule has 0 fully saturated rings. The molecule has 0 aliphatic rings. The molecule has 0 saturated heterocycles. The van der Waals surface area contributed by atoms with Crippen molar-refractivity contribution in [3.63, 3.8) is 0 Å². The molecular weight excluding hydrogens is 274 g/mol. The van der Waals surface area contributed by atoms with Gasteiger partial charge in [0.05, 0.1) is 11.6 Å². The Morgan fingerprint density at radius 3 is 2.50 bits per heavy atom. The fourth-order valence-electron chi connectivity index (χ4n) is 2.09. The molecule has 0 saturated carbocycles. The number of benzene rings is 1. The fourth-order valence-corrected chi connectivity index (χ4v) is 2.30. The maximum Gasteiger partial charge on any atom is 0.255 e. The Balaban J connectivity index is 2.42. The van der Waals surface area contributed by atoms with E-state index in [1.165, 1.54) is 4.57 Å². The van der Waals surface area contributed by atoms with E-state index in [0.717, 1.165) is 5.69 Å². The van der Waals surface area contributed by atoms with Crippen molar-refractivity contribution in [2.75, 3.05) is 0 Å². The van der Waals surface area contributed by atoms with Crippen molar-refractivity contribution in [1.29, 1.82) is 0 Å². The molecule has 2 rings (SSSR count). The summed E-state index contributed by atoms with van der Waals surface area (Å²) < 4.78 is 1.51. The third-order valence-electron chi connectivity index (χ3n) is 3.32. The minimum absolute atomic E-state index is 0.0457. The summed E-state index contributed by atoms with van der Waals surface area (Å²) in [6.45, 7) is 3.65. The van der Waals surface area contributed by atoms with Crippen LogP contribution in [0.3, 0.4) is 0 Å². The van der Waals surface area contributed by atoms with E-state index in [9.17, 15) is 9.59 Å². The van der Waals surface area contributed by atoms with Gasteiger partial charge in [-0.25, -0.2) is 0 Å². The van der Waals surface area contributed by atoms with E-state index in [-0.39, 0.29) is 17.9 Å². The van der Waals surface area contributed by atoms with Crippen LogP contribution in [0.25, 0.3) is 0 Å². The van der Waals surface area contributed by atoms with Gasteiger partial charge in [-0.05, 0) is 19.4 Å². The van der Waals surface area contributed by atoms with Gasteiger partial charge < -0.3 is 4.57 Å². The van der Waals surface area contributed by atoms with Crippen LogP contribution in [0.15, 0.2) is 41.2 Å². The molecule has 0 aliphatic carbocycles.